The predicted molar refractivity (Wildman–Crippen MR) is 79.3 cm³/mol. The van der Waals surface area contributed by atoms with Crippen LogP contribution in [0.15, 0.2) is 29.1 Å². The van der Waals surface area contributed by atoms with Gasteiger partial charge in [0.1, 0.15) is 0 Å². The second-order valence-electron chi connectivity index (χ2n) is 4.67. The SMILES string of the molecule is CCCCS(=O)(=O)NCCn1c(=O)[nH]c2ccccc21. The molecule has 1 aromatic heterocycles. The molecule has 2 aromatic rings. The van der Waals surface area contributed by atoms with Crippen LogP contribution in [0, 0.1) is 0 Å². The number of nitrogens with zero attached hydrogens (tertiary/aromatic N) is 1. The van der Waals surface area contributed by atoms with Gasteiger partial charge in [0.15, 0.2) is 0 Å². The van der Waals surface area contributed by atoms with Gasteiger partial charge in [-0.25, -0.2) is 17.9 Å². The molecule has 0 unspecified atom stereocenters. The van der Waals surface area contributed by atoms with Crippen LogP contribution in [0.4, 0.5) is 0 Å². The molecule has 0 aliphatic rings. The Balaban J connectivity index is 2.03. The Hall–Kier alpha value is -1.60. The van der Waals surface area contributed by atoms with Crippen molar-refractivity contribution in [2.45, 2.75) is 26.3 Å². The van der Waals surface area contributed by atoms with Gasteiger partial charge in [0.2, 0.25) is 10.0 Å². The highest BCUT2D eigenvalue weighted by Crippen LogP contribution is 2.08. The van der Waals surface area contributed by atoms with Gasteiger partial charge >= 0.3 is 5.69 Å². The first-order valence-electron chi connectivity index (χ1n) is 6.68. The van der Waals surface area contributed by atoms with Gasteiger partial charge in [-0.3, -0.25) is 4.57 Å². The third kappa shape index (κ3) is 3.49. The van der Waals surface area contributed by atoms with Crippen molar-refractivity contribution in [3.8, 4) is 0 Å². The van der Waals surface area contributed by atoms with Crippen molar-refractivity contribution in [3.05, 3.63) is 34.7 Å². The van der Waals surface area contributed by atoms with E-state index in [4.69, 9.17) is 0 Å². The lowest BCUT2D eigenvalue weighted by Gasteiger charge is -2.07. The molecule has 0 amide bonds. The normalized spacial score (nSPS) is 12.1. The molecule has 0 aliphatic carbocycles. The molecule has 20 heavy (non-hydrogen) atoms. The topological polar surface area (TPSA) is 84.0 Å². The molecule has 110 valence electrons. The van der Waals surface area contributed by atoms with Crippen molar-refractivity contribution in [1.29, 1.82) is 0 Å². The minimum absolute atomic E-state index is 0.131. The zero-order chi connectivity index (χ0) is 14.6. The first-order chi connectivity index (χ1) is 9.53. The standard InChI is InChI=1S/C13H19N3O3S/c1-2-3-10-20(18,19)14-8-9-16-12-7-5-4-6-11(12)15-13(16)17/h4-7,14H,2-3,8-10H2,1H3,(H,15,17). The lowest BCUT2D eigenvalue weighted by atomic mass is 10.3. The van der Waals surface area contributed by atoms with Crippen molar-refractivity contribution < 1.29 is 8.42 Å². The first kappa shape index (κ1) is 14.8. The lowest BCUT2D eigenvalue weighted by Crippen LogP contribution is -2.31. The van der Waals surface area contributed by atoms with Crippen LogP contribution in [-0.2, 0) is 16.6 Å². The van der Waals surface area contributed by atoms with Gasteiger partial charge in [0.05, 0.1) is 16.8 Å². The Labute approximate surface area is 117 Å². The van der Waals surface area contributed by atoms with Crippen molar-refractivity contribution in [2.24, 2.45) is 0 Å². The van der Waals surface area contributed by atoms with E-state index in [9.17, 15) is 13.2 Å². The maximum Gasteiger partial charge on any atom is 0.326 e. The van der Waals surface area contributed by atoms with Crippen LogP contribution in [0.2, 0.25) is 0 Å². The molecule has 1 aromatic carbocycles. The maximum atomic E-state index is 11.8. The number of sulfonamides is 1. The predicted octanol–water partition coefficient (Wildman–Crippen LogP) is 1.05. The van der Waals surface area contributed by atoms with Crippen LogP contribution in [0.3, 0.4) is 0 Å². The number of hydrogen-bond acceptors (Lipinski definition) is 3. The highest BCUT2D eigenvalue weighted by Gasteiger charge is 2.10. The molecule has 0 fully saturated rings. The first-order valence-corrected chi connectivity index (χ1v) is 8.33. The molecule has 0 saturated heterocycles. The van der Waals surface area contributed by atoms with Crippen molar-refractivity contribution in [3.63, 3.8) is 0 Å². The Morgan fingerprint density at radius 1 is 1.30 bits per heavy atom. The number of nitrogens with one attached hydrogen (secondary N) is 2. The second-order valence-corrected chi connectivity index (χ2v) is 6.59. The van der Waals surface area contributed by atoms with E-state index in [1.165, 1.54) is 4.57 Å². The lowest BCUT2D eigenvalue weighted by molar-refractivity contribution is 0.569. The van der Waals surface area contributed by atoms with E-state index in [0.29, 0.717) is 13.0 Å². The molecule has 0 spiro atoms. The van der Waals surface area contributed by atoms with Gasteiger partial charge in [-0.1, -0.05) is 25.5 Å². The molecule has 0 saturated carbocycles. The number of imidazole rings is 1. The summed E-state index contributed by atoms with van der Waals surface area (Å²) >= 11 is 0. The fraction of sp³-hybridized carbons (Fsp3) is 0.462. The van der Waals surface area contributed by atoms with Crippen molar-refractivity contribution >= 4 is 21.1 Å². The highest BCUT2D eigenvalue weighted by molar-refractivity contribution is 7.89. The molecule has 7 heteroatoms. The monoisotopic (exact) mass is 297 g/mol. The smallest absolute Gasteiger partial charge is 0.306 e. The molecule has 1 heterocycles. The Bertz CT molecular complexity index is 731. The minimum Gasteiger partial charge on any atom is -0.306 e. The van der Waals surface area contributed by atoms with Gasteiger partial charge in [-0.2, -0.15) is 0 Å². The quantitative estimate of drug-likeness (QED) is 0.801. The zero-order valence-corrected chi connectivity index (χ0v) is 12.2. The van der Waals surface area contributed by atoms with Gasteiger partial charge in [-0.15, -0.1) is 0 Å². The van der Waals surface area contributed by atoms with E-state index < -0.39 is 10.0 Å². The summed E-state index contributed by atoms with van der Waals surface area (Å²) in [5, 5.41) is 0. The molecule has 0 bridgehead atoms. The molecule has 0 atom stereocenters. The number of para-hydroxylation sites is 2. The number of fused-ring (bicyclic) bond motifs is 1. The largest absolute Gasteiger partial charge is 0.326 e. The van der Waals surface area contributed by atoms with E-state index in [0.717, 1.165) is 17.5 Å². The van der Waals surface area contributed by atoms with Crippen molar-refractivity contribution in [1.82, 2.24) is 14.3 Å². The molecule has 0 radical (unpaired) electrons. The van der Waals surface area contributed by atoms with Crippen LogP contribution >= 0.6 is 0 Å². The Morgan fingerprint density at radius 2 is 2.05 bits per heavy atom. The van der Waals surface area contributed by atoms with E-state index in [1.807, 2.05) is 31.2 Å². The molecule has 0 aliphatic heterocycles. The molecule has 2 rings (SSSR count). The van der Waals surface area contributed by atoms with Crippen molar-refractivity contribution in [2.75, 3.05) is 12.3 Å². The summed E-state index contributed by atoms with van der Waals surface area (Å²) in [7, 11) is -3.24. The minimum atomic E-state index is -3.24. The maximum absolute atomic E-state index is 11.8. The summed E-state index contributed by atoms with van der Waals surface area (Å²) in [5.41, 5.74) is 1.32. The van der Waals surface area contributed by atoms with Crippen LogP contribution in [0.25, 0.3) is 11.0 Å². The van der Waals surface area contributed by atoms with Crippen LogP contribution < -0.4 is 10.4 Å². The molecular weight excluding hydrogens is 278 g/mol. The highest BCUT2D eigenvalue weighted by atomic mass is 32.2. The van der Waals surface area contributed by atoms with E-state index >= 15 is 0 Å². The van der Waals surface area contributed by atoms with Gasteiger partial charge in [0.25, 0.3) is 0 Å². The molecule has 6 nitrogen and oxygen atoms in total. The summed E-state index contributed by atoms with van der Waals surface area (Å²) < 4.78 is 27.4. The van der Waals surface area contributed by atoms with Gasteiger partial charge < -0.3 is 4.98 Å². The van der Waals surface area contributed by atoms with Crippen LogP contribution in [-0.4, -0.2) is 30.3 Å². The number of H-pyrrole nitrogens is 1. The third-order valence-corrected chi connectivity index (χ3v) is 4.58. The zero-order valence-electron chi connectivity index (χ0n) is 11.4. The van der Waals surface area contributed by atoms with E-state index in [-0.39, 0.29) is 18.0 Å². The molecule has 2 N–H and O–H groups in total. The summed E-state index contributed by atoms with van der Waals surface area (Å²) in [6, 6.07) is 7.34. The number of unbranched alkanes of at least 4 members (excludes halogenated alkanes) is 1. The average molecular weight is 297 g/mol. The fourth-order valence-corrected chi connectivity index (χ4v) is 3.26. The fourth-order valence-electron chi connectivity index (χ4n) is 2.05. The number of aromatic amines is 1. The third-order valence-electron chi connectivity index (χ3n) is 3.11. The number of hydrogen-bond donors (Lipinski definition) is 2. The Kier molecular flexibility index (Phi) is 4.61. The Morgan fingerprint density at radius 3 is 2.80 bits per heavy atom. The summed E-state index contributed by atoms with van der Waals surface area (Å²) in [4.78, 5) is 14.5. The van der Waals surface area contributed by atoms with E-state index in [1.54, 1.807) is 0 Å². The van der Waals surface area contributed by atoms with Gasteiger partial charge in [0, 0.05) is 13.1 Å². The number of rotatable bonds is 7. The average Bonchev–Trinajstić information content (AvgIpc) is 2.73. The van der Waals surface area contributed by atoms with Gasteiger partial charge in [-0.05, 0) is 18.6 Å². The summed E-state index contributed by atoms with van der Waals surface area (Å²) in [5.74, 6) is 0.131. The second kappa shape index (κ2) is 6.23. The number of benzene rings is 1. The summed E-state index contributed by atoms with van der Waals surface area (Å²) in [6.45, 7) is 2.48. The summed E-state index contributed by atoms with van der Waals surface area (Å²) in [6.07, 6.45) is 1.48. The van der Waals surface area contributed by atoms with Crippen LogP contribution in [0.1, 0.15) is 19.8 Å². The van der Waals surface area contributed by atoms with Crippen LogP contribution in [0.5, 0.6) is 0 Å². The molecular formula is C13H19N3O3S. The number of aromatic nitrogens is 2. The van der Waals surface area contributed by atoms with E-state index in [2.05, 4.69) is 9.71 Å².